The Morgan fingerprint density at radius 2 is 1.56 bits per heavy atom. The highest BCUT2D eigenvalue weighted by Gasteiger charge is 2.02. The minimum absolute atomic E-state index is 0.0792. The average molecular weight is 255 g/mol. The lowest BCUT2D eigenvalue weighted by Gasteiger charge is -2.04. The Morgan fingerprint density at radius 1 is 0.938 bits per heavy atom. The van der Waals surface area contributed by atoms with Crippen molar-refractivity contribution in [1.29, 1.82) is 0 Å². The van der Waals surface area contributed by atoms with E-state index in [4.69, 9.17) is 23.2 Å². The first-order valence-corrected chi connectivity index (χ1v) is 5.34. The number of rotatable bonds is 3. The van der Waals surface area contributed by atoms with Crippen LogP contribution in [0.5, 0.6) is 0 Å². The molecule has 0 bridgehead atoms. The number of nitrogens with zero attached hydrogens (tertiary/aromatic N) is 3. The van der Waals surface area contributed by atoms with Crippen LogP contribution in [0.25, 0.3) is 0 Å². The van der Waals surface area contributed by atoms with Gasteiger partial charge in [-0.3, -0.25) is 0 Å². The lowest BCUT2D eigenvalue weighted by atomic mass is 10.2. The van der Waals surface area contributed by atoms with Crippen LogP contribution in [0.1, 0.15) is 5.56 Å². The van der Waals surface area contributed by atoms with Gasteiger partial charge in [-0.05, 0) is 28.8 Å². The quantitative estimate of drug-likeness (QED) is 0.916. The van der Waals surface area contributed by atoms with Gasteiger partial charge in [0.25, 0.3) is 0 Å². The predicted octanol–water partition coefficient (Wildman–Crippen LogP) is 2.79. The third-order valence-corrected chi connectivity index (χ3v) is 2.21. The van der Waals surface area contributed by atoms with E-state index in [0.29, 0.717) is 12.5 Å². The summed E-state index contributed by atoms with van der Waals surface area (Å²) in [4.78, 5) is 11.5. The Labute approximate surface area is 103 Å². The van der Waals surface area contributed by atoms with E-state index in [1.54, 1.807) is 0 Å². The van der Waals surface area contributed by atoms with Crippen LogP contribution in [0.3, 0.4) is 0 Å². The zero-order chi connectivity index (χ0) is 11.4. The van der Waals surface area contributed by atoms with Crippen molar-refractivity contribution in [2.45, 2.75) is 6.54 Å². The van der Waals surface area contributed by atoms with Gasteiger partial charge in [-0.25, -0.2) is 0 Å². The Kier molecular flexibility index (Phi) is 3.54. The third-order valence-electron chi connectivity index (χ3n) is 1.87. The zero-order valence-corrected chi connectivity index (χ0v) is 9.70. The van der Waals surface area contributed by atoms with E-state index < -0.39 is 0 Å². The molecule has 6 heteroatoms. The molecule has 2 rings (SSSR count). The molecule has 82 valence electrons. The Morgan fingerprint density at radius 3 is 2.19 bits per heavy atom. The summed E-state index contributed by atoms with van der Waals surface area (Å²) in [5.74, 6) is 0.369. The van der Waals surface area contributed by atoms with E-state index in [2.05, 4.69) is 20.3 Å². The fourth-order valence-corrected chi connectivity index (χ4v) is 1.55. The second kappa shape index (κ2) is 5.09. The molecule has 1 aromatic carbocycles. The summed E-state index contributed by atoms with van der Waals surface area (Å²) >= 11 is 11.3. The van der Waals surface area contributed by atoms with Gasteiger partial charge in [-0.1, -0.05) is 30.3 Å². The van der Waals surface area contributed by atoms with Crippen LogP contribution >= 0.6 is 23.2 Å². The minimum Gasteiger partial charge on any atom is -0.350 e. The molecule has 1 heterocycles. The van der Waals surface area contributed by atoms with Crippen LogP contribution in [0.2, 0.25) is 10.6 Å². The molecule has 2 aromatic rings. The van der Waals surface area contributed by atoms with Crippen LogP contribution in [-0.4, -0.2) is 15.0 Å². The van der Waals surface area contributed by atoms with Crippen molar-refractivity contribution in [3.63, 3.8) is 0 Å². The summed E-state index contributed by atoms with van der Waals surface area (Å²) in [6, 6.07) is 9.88. The molecule has 4 nitrogen and oxygen atoms in total. The van der Waals surface area contributed by atoms with Crippen LogP contribution in [0, 0.1) is 0 Å². The number of nitrogens with one attached hydrogen (secondary N) is 1. The molecule has 1 aromatic heterocycles. The van der Waals surface area contributed by atoms with Gasteiger partial charge >= 0.3 is 0 Å². The van der Waals surface area contributed by atoms with E-state index in [0.717, 1.165) is 5.56 Å². The van der Waals surface area contributed by atoms with Gasteiger partial charge in [0.05, 0.1) is 0 Å². The van der Waals surface area contributed by atoms with E-state index in [-0.39, 0.29) is 10.6 Å². The van der Waals surface area contributed by atoms with Crippen LogP contribution in [0.15, 0.2) is 30.3 Å². The van der Waals surface area contributed by atoms with Crippen molar-refractivity contribution < 1.29 is 0 Å². The summed E-state index contributed by atoms with van der Waals surface area (Å²) < 4.78 is 0. The van der Waals surface area contributed by atoms with Crippen molar-refractivity contribution in [3.05, 3.63) is 46.5 Å². The fraction of sp³-hybridized carbons (Fsp3) is 0.100. The maximum Gasteiger partial charge on any atom is 0.228 e. The summed E-state index contributed by atoms with van der Waals surface area (Å²) in [6.45, 7) is 0.609. The van der Waals surface area contributed by atoms with Gasteiger partial charge in [0, 0.05) is 6.54 Å². The van der Waals surface area contributed by atoms with Gasteiger partial charge in [0.2, 0.25) is 16.5 Å². The van der Waals surface area contributed by atoms with Crippen LogP contribution in [-0.2, 0) is 6.54 Å². The summed E-state index contributed by atoms with van der Waals surface area (Å²) in [7, 11) is 0. The lowest BCUT2D eigenvalue weighted by Crippen LogP contribution is -2.04. The minimum atomic E-state index is 0.0792. The first-order chi connectivity index (χ1) is 7.74. The normalized spacial score (nSPS) is 10.1. The number of hydrogen-bond donors (Lipinski definition) is 1. The summed E-state index contributed by atoms with van der Waals surface area (Å²) in [6.07, 6.45) is 0. The standard InChI is InChI=1S/C10H8Cl2N4/c11-8-14-9(12)16-10(15-8)13-6-7-4-2-1-3-5-7/h1-5H,6H2,(H,13,14,15,16). The molecule has 0 unspecified atom stereocenters. The second-order valence-electron chi connectivity index (χ2n) is 3.04. The molecule has 0 aliphatic carbocycles. The third kappa shape index (κ3) is 3.05. The highest BCUT2D eigenvalue weighted by molar-refractivity contribution is 6.31. The average Bonchev–Trinajstić information content (AvgIpc) is 2.27. The second-order valence-corrected chi connectivity index (χ2v) is 3.71. The van der Waals surface area contributed by atoms with Gasteiger partial charge in [-0.2, -0.15) is 15.0 Å². The highest BCUT2D eigenvalue weighted by Crippen LogP contribution is 2.10. The van der Waals surface area contributed by atoms with Crippen LogP contribution < -0.4 is 5.32 Å². The molecule has 0 amide bonds. The Balaban J connectivity index is 2.05. The van der Waals surface area contributed by atoms with Crippen molar-refractivity contribution in [2.24, 2.45) is 0 Å². The van der Waals surface area contributed by atoms with Gasteiger partial charge in [0.1, 0.15) is 0 Å². The molecule has 16 heavy (non-hydrogen) atoms. The molecule has 0 aliphatic rings. The van der Waals surface area contributed by atoms with E-state index >= 15 is 0 Å². The number of aromatic nitrogens is 3. The van der Waals surface area contributed by atoms with Crippen LogP contribution in [0.4, 0.5) is 5.95 Å². The van der Waals surface area contributed by atoms with Crippen molar-refractivity contribution >= 4 is 29.2 Å². The maximum absolute atomic E-state index is 5.65. The molecule has 0 radical (unpaired) electrons. The molecule has 0 saturated carbocycles. The maximum atomic E-state index is 5.65. The van der Waals surface area contributed by atoms with Gasteiger partial charge in [0.15, 0.2) is 0 Å². The number of benzene rings is 1. The van der Waals surface area contributed by atoms with Crippen molar-refractivity contribution in [1.82, 2.24) is 15.0 Å². The SMILES string of the molecule is Clc1nc(Cl)nc(NCc2ccccc2)n1. The number of hydrogen-bond acceptors (Lipinski definition) is 4. The van der Waals surface area contributed by atoms with E-state index in [9.17, 15) is 0 Å². The van der Waals surface area contributed by atoms with Crippen molar-refractivity contribution in [3.8, 4) is 0 Å². The molecule has 0 aliphatic heterocycles. The van der Waals surface area contributed by atoms with E-state index in [1.807, 2.05) is 30.3 Å². The van der Waals surface area contributed by atoms with Gasteiger partial charge in [-0.15, -0.1) is 0 Å². The molecule has 1 N–H and O–H groups in total. The fourth-order valence-electron chi connectivity index (χ4n) is 1.18. The summed E-state index contributed by atoms with van der Waals surface area (Å²) in [5, 5.41) is 3.17. The summed E-state index contributed by atoms with van der Waals surface area (Å²) in [5.41, 5.74) is 1.12. The number of halogens is 2. The molecular formula is C10H8Cl2N4. The van der Waals surface area contributed by atoms with Gasteiger partial charge < -0.3 is 5.32 Å². The molecular weight excluding hydrogens is 247 g/mol. The Bertz CT molecular complexity index is 455. The monoisotopic (exact) mass is 254 g/mol. The number of anilines is 1. The smallest absolute Gasteiger partial charge is 0.228 e. The zero-order valence-electron chi connectivity index (χ0n) is 8.19. The molecule has 0 saturated heterocycles. The molecule has 0 atom stereocenters. The topological polar surface area (TPSA) is 50.7 Å². The predicted molar refractivity (Wildman–Crippen MR) is 63.6 cm³/mol. The first-order valence-electron chi connectivity index (χ1n) is 4.59. The Hall–Kier alpha value is -1.39. The molecule has 0 spiro atoms. The first kappa shape index (κ1) is 11.1. The lowest BCUT2D eigenvalue weighted by molar-refractivity contribution is 1.00. The largest absolute Gasteiger partial charge is 0.350 e. The highest BCUT2D eigenvalue weighted by atomic mass is 35.5. The van der Waals surface area contributed by atoms with Crippen molar-refractivity contribution in [2.75, 3.05) is 5.32 Å². The molecule has 0 fully saturated rings. The van der Waals surface area contributed by atoms with E-state index in [1.165, 1.54) is 0 Å².